The van der Waals surface area contributed by atoms with Crippen molar-refractivity contribution in [2.24, 2.45) is 0 Å². The lowest BCUT2D eigenvalue weighted by Gasteiger charge is -2.10. The largest absolute Gasteiger partial charge is 0.465 e. The Kier molecular flexibility index (Phi) is 5.16. The number of carbonyl (C=O) groups is 2. The molecule has 3 aromatic rings. The van der Waals surface area contributed by atoms with Gasteiger partial charge in [0.05, 0.1) is 18.4 Å². The lowest BCUT2D eigenvalue weighted by Crippen LogP contribution is -2.25. The van der Waals surface area contributed by atoms with E-state index in [-0.39, 0.29) is 24.4 Å². The summed E-state index contributed by atoms with van der Waals surface area (Å²) in [4.78, 5) is 36.8. The fraction of sp³-hybridized carbons (Fsp3) is 0.333. The average molecular weight is 394 g/mol. The Balaban J connectivity index is 1.47. The standard InChI is InChI=1S/C21H22N4O4/c1-29-21(28)14-5-4-6-15(13-14)22-18(26)9-10-24-11-12-25-19(20(24)27)16-7-2-3-8-17(16)23-25/h4-6,11-13H,2-3,7-10H2,1H3,(H,22,26). The van der Waals surface area contributed by atoms with E-state index in [9.17, 15) is 14.4 Å². The number of esters is 1. The van der Waals surface area contributed by atoms with Gasteiger partial charge < -0.3 is 14.6 Å². The van der Waals surface area contributed by atoms with Crippen LogP contribution >= 0.6 is 0 Å². The van der Waals surface area contributed by atoms with E-state index in [0.717, 1.165) is 36.9 Å². The Morgan fingerprint density at radius 1 is 1.21 bits per heavy atom. The second kappa shape index (κ2) is 7.90. The highest BCUT2D eigenvalue weighted by molar-refractivity contribution is 5.94. The summed E-state index contributed by atoms with van der Waals surface area (Å²) in [5, 5.41) is 7.28. The Hall–Kier alpha value is -3.42. The first-order valence-electron chi connectivity index (χ1n) is 9.64. The number of hydrogen-bond acceptors (Lipinski definition) is 5. The molecule has 1 amide bonds. The number of rotatable bonds is 5. The van der Waals surface area contributed by atoms with Crippen molar-refractivity contribution in [1.29, 1.82) is 0 Å². The van der Waals surface area contributed by atoms with Crippen LogP contribution < -0.4 is 10.9 Å². The number of anilines is 1. The molecule has 1 aromatic carbocycles. The normalized spacial score (nSPS) is 13.1. The topological polar surface area (TPSA) is 94.7 Å². The van der Waals surface area contributed by atoms with Gasteiger partial charge in [0, 0.05) is 36.6 Å². The van der Waals surface area contributed by atoms with E-state index in [1.165, 1.54) is 7.11 Å². The summed E-state index contributed by atoms with van der Waals surface area (Å²) >= 11 is 0. The zero-order valence-electron chi connectivity index (χ0n) is 16.2. The highest BCUT2D eigenvalue weighted by Crippen LogP contribution is 2.22. The Morgan fingerprint density at radius 3 is 2.86 bits per heavy atom. The minimum absolute atomic E-state index is 0.122. The highest BCUT2D eigenvalue weighted by atomic mass is 16.5. The molecule has 4 rings (SSSR count). The van der Waals surface area contributed by atoms with Crippen LogP contribution in [0.25, 0.3) is 5.52 Å². The number of amides is 1. The van der Waals surface area contributed by atoms with Gasteiger partial charge in [-0.15, -0.1) is 0 Å². The second-order valence-electron chi connectivity index (χ2n) is 7.09. The summed E-state index contributed by atoms with van der Waals surface area (Å²) in [6.07, 6.45) is 7.51. The maximum absolute atomic E-state index is 12.9. The fourth-order valence-electron chi connectivity index (χ4n) is 3.72. The molecule has 8 heteroatoms. The molecule has 1 N–H and O–H groups in total. The number of nitrogens with one attached hydrogen (secondary N) is 1. The molecule has 29 heavy (non-hydrogen) atoms. The monoisotopic (exact) mass is 394 g/mol. The molecule has 0 bridgehead atoms. The van der Waals surface area contributed by atoms with Gasteiger partial charge in [-0.2, -0.15) is 5.10 Å². The number of methoxy groups -OCH3 is 1. The predicted molar refractivity (Wildman–Crippen MR) is 107 cm³/mol. The third-order valence-corrected chi connectivity index (χ3v) is 5.18. The number of nitrogens with zero attached hydrogens (tertiary/aromatic N) is 3. The van der Waals surface area contributed by atoms with E-state index in [1.54, 1.807) is 45.7 Å². The fourth-order valence-corrected chi connectivity index (χ4v) is 3.72. The highest BCUT2D eigenvalue weighted by Gasteiger charge is 2.19. The molecule has 150 valence electrons. The molecule has 2 aromatic heterocycles. The van der Waals surface area contributed by atoms with E-state index < -0.39 is 5.97 Å². The molecule has 1 aliphatic rings. The zero-order valence-corrected chi connectivity index (χ0v) is 16.2. The van der Waals surface area contributed by atoms with Gasteiger partial charge in [-0.3, -0.25) is 9.59 Å². The van der Waals surface area contributed by atoms with Crippen LogP contribution in [0.3, 0.4) is 0 Å². The van der Waals surface area contributed by atoms with Crippen LogP contribution in [-0.4, -0.2) is 33.2 Å². The average Bonchev–Trinajstić information content (AvgIpc) is 3.12. The van der Waals surface area contributed by atoms with E-state index in [2.05, 4.69) is 15.2 Å². The van der Waals surface area contributed by atoms with Crippen LogP contribution in [-0.2, 0) is 28.9 Å². The predicted octanol–water partition coefficient (Wildman–Crippen LogP) is 2.19. The molecule has 1 aliphatic carbocycles. The summed E-state index contributed by atoms with van der Waals surface area (Å²) in [7, 11) is 1.31. The number of aryl methyl sites for hydroxylation is 3. The third-order valence-electron chi connectivity index (χ3n) is 5.18. The summed E-state index contributed by atoms with van der Waals surface area (Å²) < 4.78 is 7.90. The quantitative estimate of drug-likeness (QED) is 0.670. The lowest BCUT2D eigenvalue weighted by atomic mass is 9.97. The SMILES string of the molecule is COC(=O)c1cccc(NC(=O)CCn2ccn3nc4c(c3c2=O)CCCC4)c1. The molecule has 8 nitrogen and oxygen atoms in total. The minimum Gasteiger partial charge on any atom is -0.465 e. The van der Waals surface area contributed by atoms with Gasteiger partial charge in [-0.1, -0.05) is 6.07 Å². The molecule has 0 atom stereocenters. The maximum atomic E-state index is 12.9. The van der Waals surface area contributed by atoms with Crippen molar-refractivity contribution in [1.82, 2.24) is 14.2 Å². The number of carbonyl (C=O) groups excluding carboxylic acids is 2. The first-order valence-corrected chi connectivity index (χ1v) is 9.64. The van der Waals surface area contributed by atoms with Crippen LogP contribution in [0, 0.1) is 0 Å². The van der Waals surface area contributed by atoms with Crippen LogP contribution in [0.1, 0.15) is 40.9 Å². The number of ether oxygens (including phenoxy) is 1. The van der Waals surface area contributed by atoms with Crippen molar-refractivity contribution in [2.45, 2.75) is 38.6 Å². The summed E-state index contributed by atoms with van der Waals surface area (Å²) in [6.45, 7) is 0.262. The number of benzene rings is 1. The molecular weight excluding hydrogens is 372 g/mol. The van der Waals surface area contributed by atoms with Crippen LogP contribution in [0.2, 0.25) is 0 Å². The van der Waals surface area contributed by atoms with Crippen molar-refractivity contribution in [2.75, 3.05) is 12.4 Å². The van der Waals surface area contributed by atoms with E-state index in [1.807, 2.05) is 0 Å². The van der Waals surface area contributed by atoms with Crippen molar-refractivity contribution < 1.29 is 14.3 Å². The van der Waals surface area contributed by atoms with Crippen LogP contribution in [0.5, 0.6) is 0 Å². The summed E-state index contributed by atoms with van der Waals surface area (Å²) in [5.74, 6) is -0.709. The molecule has 0 radical (unpaired) electrons. The van der Waals surface area contributed by atoms with E-state index in [0.29, 0.717) is 16.8 Å². The van der Waals surface area contributed by atoms with E-state index in [4.69, 9.17) is 0 Å². The van der Waals surface area contributed by atoms with Gasteiger partial charge in [-0.25, -0.2) is 9.31 Å². The molecule has 0 aliphatic heterocycles. The van der Waals surface area contributed by atoms with Crippen LogP contribution in [0.4, 0.5) is 5.69 Å². The Labute approximate surface area is 167 Å². The number of fused-ring (bicyclic) bond motifs is 3. The Bertz CT molecular complexity index is 1150. The van der Waals surface area contributed by atoms with Crippen molar-refractivity contribution in [3.8, 4) is 0 Å². The lowest BCUT2D eigenvalue weighted by molar-refractivity contribution is -0.116. The molecular formula is C21H22N4O4. The zero-order chi connectivity index (χ0) is 20.4. The molecule has 0 fully saturated rings. The summed E-state index contributed by atoms with van der Waals surface area (Å²) in [5.41, 5.74) is 3.41. The van der Waals surface area contributed by atoms with Gasteiger partial charge in [0.2, 0.25) is 5.91 Å². The smallest absolute Gasteiger partial charge is 0.337 e. The Morgan fingerprint density at radius 2 is 2.03 bits per heavy atom. The maximum Gasteiger partial charge on any atom is 0.337 e. The second-order valence-corrected chi connectivity index (χ2v) is 7.09. The van der Waals surface area contributed by atoms with Crippen LogP contribution in [0.15, 0.2) is 41.5 Å². The summed E-state index contributed by atoms with van der Waals surface area (Å²) in [6, 6.07) is 6.53. The molecule has 0 saturated carbocycles. The number of hydrogen-bond donors (Lipinski definition) is 1. The van der Waals surface area contributed by atoms with E-state index >= 15 is 0 Å². The van der Waals surface area contributed by atoms with Gasteiger partial charge >= 0.3 is 5.97 Å². The van der Waals surface area contributed by atoms with Gasteiger partial charge in [-0.05, 0) is 43.9 Å². The molecule has 0 spiro atoms. The van der Waals surface area contributed by atoms with Crippen molar-refractivity contribution >= 4 is 23.1 Å². The molecule has 0 unspecified atom stereocenters. The van der Waals surface area contributed by atoms with Gasteiger partial charge in [0.25, 0.3) is 5.56 Å². The van der Waals surface area contributed by atoms with Gasteiger partial charge in [0.1, 0.15) is 5.52 Å². The molecule has 0 saturated heterocycles. The first-order chi connectivity index (χ1) is 14.1. The minimum atomic E-state index is -0.468. The first kappa shape index (κ1) is 18.9. The van der Waals surface area contributed by atoms with Crippen molar-refractivity contribution in [3.63, 3.8) is 0 Å². The van der Waals surface area contributed by atoms with Crippen molar-refractivity contribution in [3.05, 3.63) is 63.8 Å². The number of aromatic nitrogens is 3. The van der Waals surface area contributed by atoms with Gasteiger partial charge in [0.15, 0.2) is 0 Å². The molecule has 2 heterocycles. The third kappa shape index (κ3) is 3.78.